The highest BCUT2D eigenvalue weighted by Crippen LogP contribution is 2.16. The third-order valence-electron chi connectivity index (χ3n) is 2.97. The standard InChI is InChI=1S/C10H17N2O6/c1-2-12(3-4-12)11-10(18)9(17)8(16)7(15)6(14)5-13/h5-9,14-17H,1-4H2/p+1/t6-,7+,8+,9-/m1/s1. The largest absolute Gasteiger partial charge is 0.387 e. The Hall–Kier alpha value is -1.06. The zero-order valence-corrected chi connectivity index (χ0v) is 9.77. The van der Waals surface area contributed by atoms with Crippen LogP contribution >= 0.6 is 0 Å². The van der Waals surface area contributed by atoms with Gasteiger partial charge in [-0.05, 0) is 0 Å². The van der Waals surface area contributed by atoms with Crippen molar-refractivity contribution in [3.05, 3.63) is 6.92 Å². The number of carbonyl (C=O) groups is 2. The first-order valence-corrected chi connectivity index (χ1v) is 5.52. The van der Waals surface area contributed by atoms with E-state index in [2.05, 4.69) is 12.3 Å². The Morgan fingerprint density at radius 2 is 1.83 bits per heavy atom. The number of nitrogens with zero attached hydrogens (tertiary/aromatic N) is 1. The lowest BCUT2D eigenvalue weighted by atomic mass is 10.0. The molecule has 1 radical (unpaired) electrons. The fourth-order valence-corrected chi connectivity index (χ4v) is 1.44. The van der Waals surface area contributed by atoms with Gasteiger partial charge < -0.3 is 25.2 Å². The third-order valence-corrected chi connectivity index (χ3v) is 2.97. The van der Waals surface area contributed by atoms with Gasteiger partial charge in [0.05, 0.1) is 0 Å². The minimum absolute atomic E-state index is 0.00686. The molecule has 0 bridgehead atoms. The summed E-state index contributed by atoms with van der Waals surface area (Å²) < 4.78 is 0.203. The van der Waals surface area contributed by atoms with Gasteiger partial charge in [-0.2, -0.15) is 5.43 Å². The van der Waals surface area contributed by atoms with Gasteiger partial charge in [0.25, 0.3) is 5.91 Å². The average molecular weight is 262 g/mol. The van der Waals surface area contributed by atoms with Crippen LogP contribution < -0.4 is 5.43 Å². The third kappa shape index (κ3) is 3.24. The zero-order chi connectivity index (χ0) is 13.9. The lowest BCUT2D eigenvalue weighted by Gasteiger charge is -2.25. The highest BCUT2D eigenvalue weighted by atomic mass is 16.4. The van der Waals surface area contributed by atoms with Crippen molar-refractivity contribution in [2.75, 3.05) is 19.6 Å². The molecule has 8 heteroatoms. The van der Waals surface area contributed by atoms with Crippen LogP contribution in [0.15, 0.2) is 0 Å². The molecule has 1 aliphatic heterocycles. The maximum atomic E-state index is 11.6. The van der Waals surface area contributed by atoms with Gasteiger partial charge in [0.15, 0.2) is 25.5 Å². The molecule has 1 amide bonds. The fraction of sp³-hybridized carbons (Fsp3) is 0.700. The molecule has 0 aromatic rings. The predicted octanol–water partition coefficient (Wildman–Crippen LogP) is -3.68. The molecule has 0 aromatic heterocycles. The number of quaternary nitrogens is 1. The van der Waals surface area contributed by atoms with Crippen LogP contribution in [0, 0.1) is 6.92 Å². The highest BCUT2D eigenvalue weighted by Gasteiger charge is 2.45. The second kappa shape index (κ2) is 5.72. The van der Waals surface area contributed by atoms with Gasteiger partial charge in [0.1, 0.15) is 24.9 Å². The molecule has 0 saturated carbocycles. The lowest BCUT2D eigenvalue weighted by Crippen LogP contribution is -2.55. The summed E-state index contributed by atoms with van der Waals surface area (Å²) >= 11 is 0. The van der Waals surface area contributed by atoms with Crippen molar-refractivity contribution >= 4 is 12.2 Å². The molecule has 0 aliphatic carbocycles. The van der Waals surface area contributed by atoms with Crippen LogP contribution in [0.3, 0.4) is 0 Å². The number of aliphatic hydroxyl groups excluding tert-OH is 4. The van der Waals surface area contributed by atoms with Crippen molar-refractivity contribution in [3.8, 4) is 0 Å². The van der Waals surface area contributed by atoms with Crippen molar-refractivity contribution < 1.29 is 34.6 Å². The molecule has 103 valence electrons. The number of rotatable bonds is 7. The molecule has 8 nitrogen and oxygen atoms in total. The summed E-state index contributed by atoms with van der Waals surface area (Å²) in [6, 6.07) is 0. The molecule has 0 spiro atoms. The summed E-state index contributed by atoms with van der Waals surface area (Å²) in [6.45, 7) is 5.38. The van der Waals surface area contributed by atoms with Gasteiger partial charge in [-0.3, -0.25) is 4.79 Å². The van der Waals surface area contributed by atoms with E-state index in [1.54, 1.807) is 0 Å². The highest BCUT2D eigenvalue weighted by molar-refractivity contribution is 5.80. The van der Waals surface area contributed by atoms with E-state index in [0.717, 1.165) is 0 Å². The van der Waals surface area contributed by atoms with E-state index in [1.807, 2.05) is 0 Å². The van der Waals surface area contributed by atoms with Crippen LogP contribution in [-0.4, -0.2) is 81.3 Å². The average Bonchev–Trinajstić information content (AvgIpc) is 3.15. The molecule has 1 saturated heterocycles. The van der Waals surface area contributed by atoms with Crippen LogP contribution in [-0.2, 0) is 9.59 Å². The molecule has 1 aliphatic rings. The molecular formula is C10H18N2O6+. The van der Waals surface area contributed by atoms with Gasteiger partial charge in [-0.1, -0.05) is 0 Å². The second-order valence-corrected chi connectivity index (χ2v) is 4.34. The maximum absolute atomic E-state index is 11.6. The Bertz CT molecular complexity index is 319. The van der Waals surface area contributed by atoms with Crippen LogP contribution in [0.2, 0.25) is 0 Å². The van der Waals surface area contributed by atoms with Crippen LogP contribution in [0.1, 0.15) is 0 Å². The first kappa shape index (κ1) is 15.0. The lowest BCUT2D eigenvalue weighted by molar-refractivity contribution is -0.832. The van der Waals surface area contributed by atoms with Crippen molar-refractivity contribution in [2.24, 2.45) is 0 Å². The molecular weight excluding hydrogens is 244 g/mol. The van der Waals surface area contributed by atoms with E-state index in [1.165, 1.54) is 0 Å². The van der Waals surface area contributed by atoms with Gasteiger partial charge in [-0.15, -0.1) is 0 Å². The number of hydrogen-bond donors (Lipinski definition) is 5. The van der Waals surface area contributed by atoms with E-state index in [-0.39, 0.29) is 10.9 Å². The number of carbonyl (C=O) groups excluding carboxylic acids is 2. The van der Waals surface area contributed by atoms with E-state index in [0.29, 0.717) is 19.6 Å². The summed E-state index contributed by atoms with van der Waals surface area (Å²) in [5.74, 6) is -0.888. The summed E-state index contributed by atoms with van der Waals surface area (Å²) in [5.41, 5.74) is 2.45. The van der Waals surface area contributed by atoms with E-state index >= 15 is 0 Å². The van der Waals surface area contributed by atoms with Crippen molar-refractivity contribution in [1.29, 1.82) is 0 Å². The van der Waals surface area contributed by atoms with E-state index < -0.39 is 30.3 Å². The molecule has 1 heterocycles. The Labute approximate surface area is 104 Å². The SMILES string of the molecule is [CH2]C[N+]1(NC(=O)[C@H](O)[C@@H](O)[C@@H](O)[C@H](O)C=O)CC1. The van der Waals surface area contributed by atoms with E-state index in [9.17, 15) is 24.9 Å². The topological polar surface area (TPSA) is 127 Å². The molecule has 5 N–H and O–H groups in total. The maximum Gasteiger partial charge on any atom is 0.296 e. The number of aldehydes is 1. The van der Waals surface area contributed by atoms with E-state index in [4.69, 9.17) is 5.11 Å². The molecule has 18 heavy (non-hydrogen) atoms. The normalized spacial score (nSPS) is 23.6. The van der Waals surface area contributed by atoms with Crippen molar-refractivity contribution in [3.63, 3.8) is 0 Å². The first-order valence-electron chi connectivity index (χ1n) is 5.52. The Balaban J connectivity index is 2.54. The zero-order valence-electron chi connectivity index (χ0n) is 9.77. The number of aliphatic hydroxyl groups is 4. The predicted molar refractivity (Wildman–Crippen MR) is 58.5 cm³/mol. The minimum atomic E-state index is -1.95. The molecule has 0 unspecified atom stereocenters. The Morgan fingerprint density at radius 3 is 2.22 bits per heavy atom. The Kier molecular flexibility index (Phi) is 4.77. The van der Waals surface area contributed by atoms with Crippen molar-refractivity contribution in [2.45, 2.75) is 24.4 Å². The van der Waals surface area contributed by atoms with Gasteiger partial charge in [-0.25, -0.2) is 4.59 Å². The van der Waals surface area contributed by atoms with Gasteiger partial charge in [0.2, 0.25) is 0 Å². The minimum Gasteiger partial charge on any atom is -0.387 e. The molecule has 1 fully saturated rings. The summed E-state index contributed by atoms with van der Waals surface area (Å²) in [7, 11) is 0. The first-order chi connectivity index (χ1) is 8.37. The van der Waals surface area contributed by atoms with Crippen LogP contribution in [0.4, 0.5) is 0 Å². The van der Waals surface area contributed by atoms with Crippen molar-refractivity contribution in [1.82, 2.24) is 5.43 Å². The Morgan fingerprint density at radius 1 is 1.28 bits per heavy atom. The monoisotopic (exact) mass is 262 g/mol. The number of amides is 1. The number of hydrogen-bond acceptors (Lipinski definition) is 6. The fourth-order valence-electron chi connectivity index (χ4n) is 1.44. The summed E-state index contributed by atoms with van der Waals surface area (Å²) in [4.78, 5) is 21.8. The summed E-state index contributed by atoms with van der Waals surface area (Å²) in [5, 5.41) is 37.2. The molecule has 0 aromatic carbocycles. The summed E-state index contributed by atoms with van der Waals surface area (Å²) in [6.07, 6.45) is -7.66. The second-order valence-electron chi connectivity index (χ2n) is 4.34. The molecule has 1 rings (SSSR count). The molecule has 4 atom stereocenters. The number of nitrogens with one attached hydrogen (secondary N) is 1. The van der Waals surface area contributed by atoms with Crippen LogP contribution in [0.25, 0.3) is 0 Å². The quantitative estimate of drug-likeness (QED) is 0.183. The van der Waals surface area contributed by atoms with Crippen LogP contribution in [0.5, 0.6) is 0 Å². The smallest absolute Gasteiger partial charge is 0.296 e. The van der Waals surface area contributed by atoms with Gasteiger partial charge in [0, 0.05) is 6.92 Å². The van der Waals surface area contributed by atoms with Gasteiger partial charge >= 0.3 is 0 Å².